The van der Waals surface area contributed by atoms with Crippen molar-refractivity contribution in [3.63, 3.8) is 0 Å². The van der Waals surface area contributed by atoms with Crippen LogP contribution in [0.15, 0.2) is 24.3 Å². The van der Waals surface area contributed by atoms with Gasteiger partial charge in [-0.1, -0.05) is 34.8 Å². The van der Waals surface area contributed by atoms with E-state index in [2.05, 4.69) is 10.3 Å². The van der Waals surface area contributed by atoms with Crippen LogP contribution in [0.25, 0.3) is 0 Å². The third kappa shape index (κ3) is 3.15. The highest BCUT2D eigenvalue weighted by Gasteiger charge is 2.15. The number of halogens is 3. The summed E-state index contributed by atoms with van der Waals surface area (Å²) in [5.74, 6) is -0.399. The van der Waals surface area contributed by atoms with Crippen LogP contribution in [-0.4, -0.2) is 10.9 Å². The quantitative estimate of drug-likeness (QED) is 0.641. The number of nitrogen functional groups attached to an aromatic ring is 1. The minimum atomic E-state index is -0.399. The molecular formula is C13H10Cl3N3O. The fourth-order valence-electron chi connectivity index (χ4n) is 1.64. The lowest BCUT2D eigenvalue weighted by molar-refractivity contribution is 0.102. The highest BCUT2D eigenvalue weighted by molar-refractivity contribution is 6.36. The maximum absolute atomic E-state index is 12.2. The second-order valence-electron chi connectivity index (χ2n) is 4.12. The smallest absolute Gasteiger partial charge is 0.257 e. The van der Waals surface area contributed by atoms with Crippen LogP contribution in [0.1, 0.15) is 15.9 Å². The molecule has 1 amide bonds. The lowest BCUT2D eigenvalue weighted by Gasteiger charge is -2.11. The van der Waals surface area contributed by atoms with E-state index in [4.69, 9.17) is 40.5 Å². The first-order valence-corrected chi connectivity index (χ1v) is 6.71. The van der Waals surface area contributed by atoms with Crippen LogP contribution in [-0.2, 0) is 0 Å². The van der Waals surface area contributed by atoms with Gasteiger partial charge in [-0.3, -0.25) is 4.79 Å². The molecule has 1 aromatic heterocycles. The van der Waals surface area contributed by atoms with Gasteiger partial charge in [0.25, 0.3) is 5.91 Å². The number of hydrogen-bond donors (Lipinski definition) is 2. The Morgan fingerprint density at radius 1 is 1.25 bits per heavy atom. The molecule has 4 nitrogen and oxygen atoms in total. The molecule has 0 saturated heterocycles. The number of nitrogens with one attached hydrogen (secondary N) is 1. The summed E-state index contributed by atoms with van der Waals surface area (Å²) in [5.41, 5.74) is 7.46. The summed E-state index contributed by atoms with van der Waals surface area (Å²) >= 11 is 17.7. The molecule has 0 fully saturated rings. The van der Waals surface area contributed by atoms with Gasteiger partial charge in [0.1, 0.15) is 5.15 Å². The monoisotopic (exact) mass is 329 g/mol. The normalized spacial score (nSPS) is 10.4. The fourth-order valence-corrected chi connectivity index (χ4v) is 2.50. The van der Waals surface area contributed by atoms with Gasteiger partial charge in [0.05, 0.1) is 16.3 Å². The molecule has 0 unspecified atom stereocenters. The summed E-state index contributed by atoms with van der Waals surface area (Å²) in [6.07, 6.45) is 0. The lowest BCUT2D eigenvalue weighted by Crippen LogP contribution is -2.14. The summed E-state index contributed by atoms with van der Waals surface area (Å²) < 4.78 is 0. The van der Waals surface area contributed by atoms with E-state index in [9.17, 15) is 4.79 Å². The van der Waals surface area contributed by atoms with Crippen molar-refractivity contribution in [3.05, 3.63) is 50.7 Å². The van der Waals surface area contributed by atoms with E-state index in [0.717, 1.165) is 0 Å². The number of rotatable bonds is 2. The molecule has 20 heavy (non-hydrogen) atoms. The SMILES string of the molecule is Cc1cc(Cl)nc(Cl)c1NC(=O)c1ccc(N)cc1Cl. The van der Waals surface area contributed by atoms with Gasteiger partial charge in [-0.25, -0.2) is 4.98 Å². The molecule has 2 rings (SSSR count). The molecule has 0 bridgehead atoms. The molecule has 1 heterocycles. The highest BCUT2D eigenvalue weighted by Crippen LogP contribution is 2.28. The summed E-state index contributed by atoms with van der Waals surface area (Å²) in [6, 6.07) is 6.24. The van der Waals surface area contributed by atoms with Gasteiger partial charge in [0.15, 0.2) is 5.15 Å². The van der Waals surface area contributed by atoms with Crippen molar-refractivity contribution in [2.24, 2.45) is 0 Å². The Morgan fingerprint density at radius 3 is 2.55 bits per heavy atom. The number of carbonyl (C=O) groups is 1. The largest absolute Gasteiger partial charge is 0.399 e. The molecule has 104 valence electrons. The van der Waals surface area contributed by atoms with Crippen LogP contribution in [0.5, 0.6) is 0 Å². The van der Waals surface area contributed by atoms with Crippen molar-refractivity contribution in [2.45, 2.75) is 6.92 Å². The van der Waals surface area contributed by atoms with Crippen molar-refractivity contribution >= 4 is 52.1 Å². The highest BCUT2D eigenvalue weighted by atomic mass is 35.5. The second-order valence-corrected chi connectivity index (χ2v) is 5.27. The molecule has 0 spiro atoms. The number of anilines is 2. The van der Waals surface area contributed by atoms with E-state index >= 15 is 0 Å². The zero-order chi connectivity index (χ0) is 14.9. The predicted octanol–water partition coefficient (Wildman–Crippen LogP) is 4.18. The standard InChI is InChI=1S/C13H10Cl3N3O/c1-6-4-10(15)18-12(16)11(6)19-13(20)8-3-2-7(17)5-9(8)14/h2-5H,17H2,1H3,(H,19,20). The molecule has 0 radical (unpaired) electrons. The Kier molecular flexibility index (Phi) is 4.38. The van der Waals surface area contributed by atoms with E-state index in [-0.39, 0.29) is 15.3 Å². The second kappa shape index (κ2) is 5.87. The summed E-state index contributed by atoms with van der Waals surface area (Å²) in [4.78, 5) is 16.1. The first kappa shape index (κ1) is 14.9. The number of nitrogens with two attached hydrogens (primary N) is 1. The summed E-state index contributed by atoms with van der Waals surface area (Å²) in [6.45, 7) is 1.76. The maximum atomic E-state index is 12.2. The zero-order valence-corrected chi connectivity index (χ0v) is 12.6. The molecule has 0 aliphatic carbocycles. The third-order valence-corrected chi connectivity index (χ3v) is 3.40. The van der Waals surface area contributed by atoms with E-state index in [0.29, 0.717) is 22.5 Å². The average Bonchev–Trinajstić information content (AvgIpc) is 2.33. The Hall–Kier alpha value is -1.49. The van der Waals surface area contributed by atoms with E-state index < -0.39 is 5.91 Å². The summed E-state index contributed by atoms with van der Waals surface area (Å²) in [7, 11) is 0. The van der Waals surface area contributed by atoms with Crippen molar-refractivity contribution in [1.82, 2.24) is 4.98 Å². The molecule has 0 saturated carbocycles. The average molecular weight is 331 g/mol. The molecule has 0 atom stereocenters. The van der Waals surface area contributed by atoms with Gasteiger partial charge in [0.2, 0.25) is 0 Å². The topological polar surface area (TPSA) is 68.0 Å². The maximum Gasteiger partial charge on any atom is 0.257 e. The molecule has 2 aromatic rings. The van der Waals surface area contributed by atoms with Crippen molar-refractivity contribution in [2.75, 3.05) is 11.1 Å². The fraction of sp³-hybridized carbons (Fsp3) is 0.0769. The number of aryl methyl sites for hydroxylation is 1. The van der Waals surface area contributed by atoms with Gasteiger partial charge in [-0.15, -0.1) is 0 Å². The Labute approximate surface area is 130 Å². The van der Waals surface area contributed by atoms with Crippen molar-refractivity contribution in [3.8, 4) is 0 Å². The van der Waals surface area contributed by atoms with Crippen LogP contribution in [0.4, 0.5) is 11.4 Å². The number of aromatic nitrogens is 1. The van der Waals surface area contributed by atoms with Crippen LogP contribution in [0.2, 0.25) is 15.3 Å². The summed E-state index contributed by atoms with van der Waals surface area (Å²) in [5, 5.41) is 3.31. The van der Waals surface area contributed by atoms with Gasteiger partial charge < -0.3 is 11.1 Å². The van der Waals surface area contributed by atoms with Crippen molar-refractivity contribution in [1.29, 1.82) is 0 Å². The van der Waals surface area contributed by atoms with Crippen LogP contribution in [0.3, 0.4) is 0 Å². The van der Waals surface area contributed by atoms with Gasteiger partial charge >= 0.3 is 0 Å². The minimum Gasteiger partial charge on any atom is -0.399 e. The molecular weight excluding hydrogens is 321 g/mol. The predicted molar refractivity (Wildman–Crippen MR) is 82.8 cm³/mol. The number of carbonyl (C=O) groups excluding carboxylic acids is 1. The number of benzene rings is 1. The zero-order valence-electron chi connectivity index (χ0n) is 10.4. The molecule has 0 aliphatic rings. The number of nitrogens with zero attached hydrogens (tertiary/aromatic N) is 1. The first-order valence-electron chi connectivity index (χ1n) is 5.57. The van der Waals surface area contributed by atoms with E-state index in [1.807, 2.05) is 0 Å². The van der Waals surface area contributed by atoms with E-state index in [1.165, 1.54) is 6.07 Å². The molecule has 1 aromatic carbocycles. The Morgan fingerprint density at radius 2 is 1.95 bits per heavy atom. The van der Waals surface area contributed by atoms with E-state index in [1.54, 1.807) is 25.1 Å². The van der Waals surface area contributed by atoms with Crippen molar-refractivity contribution < 1.29 is 4.79 Å². The van der Waals surface area contributed by atoms with Crippen LogP contribution >= 0.6 is 34.8 Å². The first-order chi connectivity index (χ1) is 9.38. The lowest BCUT2D eigenvalue weighted by atomic mass is 10.2. The molecule has 3 N–H and O–H groups in total. The number of amides is 1. The minimum absolute atomic E-state index is 0.120. The molecule has 0 aliphatic heterocycles. The van der Waals surface area contributed by atoms with Crippen LogP contribution < -0.4 is 11.1 Å². The number of hydrogen-bond acceptors (Lipinski definition) is 3. The van der Waals surface area contributed by atoms with Gasteiger partial charge in [-0.2, -0.15) is 0 Å². The number of pyridine rings is 1. The van der Waals surface area contributed by atoms with Crippen LogP contribution in [0, 0.1) is 6.92 Å². The molecule has 7 heteroatoms. The van der Waals surface area contributed by atoms with Gasteiger partial charge in [0, 0.05) is 5.69 Å². The van der Waals surface area contributed by atoms with Gasteiger partial charge in [-0.05, 0) is 36.8 Å². The Bertz CT molecular complexity index is 666. The Balaban J connectivity index is 2.33. The third-order valence-electron chi connectivity index (χ3n) is 2.62.